The van der Waals surface area contributed by atoms with Crippen molar-refractivity contribution in [1.82, 2.24) is 9.47 Å². The Morgan fingerprint density at radius 2 is 2.39 bits per heavy atom. The second kappa shape index (κ2) is 6.13. The number of morpholine rings is 1. The van der Waals surface area contributed by atoms with E-state index < -0.39 is 0 Å². The predicted molar refractivity (Wildman–Crippen MR) is 70.4 cm³/mol. The number of rotatable bonds is 4. The second-order valence-electron chi connectivity index (χ2n) is 4.58. The highest BCUT2D eigenvalue weighted by molar-refractivity contribution is 5.09. The van der Waals surface area contributed by atoms with Crippen LogP contribution in [-0.4, -0.2) is 41.8 Å². The molecule has 0 bridgehead atoms. The van der Waals surface area contributed by atoms with Crippen LogP contribution in [0.1, 0.15) is 12.5 Å². The van der Waals surface area contributed by atoms with Gasteiger partial charge in [-0.15, -0.1) is 0 Å². The topological polar surface area (TPSA) is 60.5 Å². The van der Waals surface area contributed by atoms with Gasteiger partial charge in [-0.1, -0.05) is 13.0 Å². The first-order valence-corrected chi connectivity index (χ1v) is 6.47. The second-order valence-corrected chi connectivity index (χ2v) is 4.58. The number of pyridine rings is 1. The molecule has 1 aliphatic heterocycles. The van der Waals surface area contributed by atoms with Crippen LogP contribution in [0.2, 0.25) is 0 Å². The maximum Gasteiger partial charge on any atom is 0.255 e. The maximum atomic E-state index is 12.0. The van der Waals surface area contributed by atoms with E-state index in [1.54, 1.807) is 16.8 Å². The quantitative estimate of drug-likeness (QED) is 0.820. The Kier molecular flexibility index (Phi) is 4.52. The molecule has 0 saturated carbocycles. The van der Waals surface area contributed by atoms with Crippen molar-refractivity contribution in [1.29, 1.82) is 0 Å². The minimum absolute atomic E-state index is 0.00257. The Balaban J connectivity index is 2.07. The Morgan fingerprint density at radius 3 is 3.11 bits per heavy atom. The van der Waals surface area contributed by atoms with Crippen LogP contribution in [0.5, 0.6) is 0 Å². The van der Waals surface area contributed by atoms with Crippen molar-refractivity contribution in [3.63, 3.8) is 0 Å². The lowest BCUT2D eigenvalue weighted by molar-refractivity contribution is -0.0347. The van der Waals surface area contributed by atoms with Gasteiger partial charge in [0.05, 0.1) is 19.3 Å². The minimum Gasteiger partial charge on any atom is -0.374 e. The normalized spacial score (nSPS) is 21.1. The van der Waals surface area contributed by atoms with Crippen molar-refractivity contribution in [3.8, 4) is 0 Å². The molecular weight excluding hydrogens is 230 g/mol. The van der Waals surface area contributed by atoms with Crippen LogP contribution in [-0.2, 0) is 17.8 Å². The van der Waals surface area contributed by atoms with E-state index in [4.69, 9.17) is 10.5 Å². The molecule has 18 heavy (non-hydrogen) atoms. The van der Waals surface area contributed by atoms with Gasteiger partial charge >= 0.3 is 0 Å². The fourth-order valence-corrected chi connectivity index (χ4v) is 2.28. The molecule has 1 fully saturated rings. The highest BCUT2D eigenvalue weighted by atomic mass is 16.5. The zero-order chi connectivity index (χ0) is 13.0. The van der Waals surface area contributed by atoms with Crippen LogP contribution >= 0.6 is 0 Å². The Labute approximate surface area is 107 Å². The molecule has 1 saturated heterocycles. The van der Waals surface area contributed by atoms with Gasteiger partial charge in [0.25, 0.3) is 5.56 Å². The third-order valence-corrected chi connectivity index (χ3v) is 3.39. The molecule has 1 atom stereocenters. The molecule has 1 aliphatic rings. The van der Waals surface area contributed by atoms with E-state index in [2.05, 4.69) is 11.8 Å². The first-order chi connectivity index (χ1) is 8.74. The molecule has 1 aromatic rings. The fraction of sp³-hybridized carbons (Fsp3) is 0.615. The third-order valence-electron chi connectivity index (χ3n) is 3.39. The number of nitrogens with two attached hydrogens (primary N) is 1. The van der Waals surface area contributed by atoms with Gasteiger partial charge in [-0.2, -0.15) is 0 Å². The van der Waals surface area contributed by atoms with E-state index in [0.717, 1.165) is 26.2 Å². The summed E-state index contributed by atoms with van der Waals surface area (Å²) in [6, 6.07) is 3.64. The Hall–Kier alpha value is -1.17. The molecule has 5 nitrogen and oxygen atoms in total. The zero-order valence-corrected chi connectivity index (χ0v) is 10.8. The lowest BCUT2D eigenvalue weighted by Gasteiger charge is -2.32. The number of hydrogen-bond acceptors (Lipinski definition) is 4. The summed E-state index contributed by atoms with van der Waals surface area (Å²) in [5, 5.41) is 0. The van der Waals surface area contributed by atoms with E-state index in [1.165, 1.54) is 0 Å². The van der Waals surface area contributed by atoms with Gasteiger partial charge in [-0.3, -0.25) is 9.69 Å². The number of aromatic nitrogens is 1. The van der Waals surface area contributed by atoms with Crippen molar-refractivity contribution in [3.05, 3.63) is 34.2 Å². The summed E-state index contributed by atoms with van der Waals surface area (Å²) in [7, 11) is 0. The molecule has 5 heteroatoms. The van der Waals surface area contributed by atoms with Crippen LogP contribution in [0, 0.1) is 0 Å². The lowest BCUT2D eigenvalue weighted by atomic mass is 10.2. The third kappa shape index (κ3) is 2.98. The van der Waals surface area contributed by atoms with E-state index in [1.807, 2.05) is 6.07 Å². The molecule has 100 valence electrons. The van der Waals surface area contributed by atoms with E-state index >= 15 is 0 Å². The molecular formula is C13H21N3O2. The van der Waals surface area contributed by atoms with Crippen molar-refractivity contribution < 1.29 is 4.74 Å². The van der Waals surface area contributed by atoms with Crippen molar-refractivity contribution in [2.75, 3.05) is 26.2 Å². The molecule has 0 amide bonds. The van der Waals surface area contributed by atoms with Gasteiger partial charge in [0.1, 0.15) is 0 Å². The van der Waals surface area contributed by atoms with Crippen LogP contribution in [0.3, 0.4) is 0 Å². The Bertz CT molecular complexity index is 444. The van der Waals surface area contributed by atoms with Gasteiger partial charge in [-0.25, -0.2) is 0 Å². The van der Waals surface area contributed by atoms with Crippen LogP contribution in [0.4, 0.5) is 0 Å². The summed E-state index contributed by atoms with van der Waals surface area (Å²) in [4.78, 5) is 14.4. The lowest BCUT2D eigenvalue weighted by Crippen LogP contribution is -2.45. The summed E-state index contributed by atoms with van der Waals surface area (Å²) in [5.41, 5.74) is 6.19. The summed E-state index contributed by atoms with van der Waals surface area (Å²) < 4.78 is 7.41. The smallest absolute Gasteiger partial charge is 0.255 e. The van der Waals surface area contributed by atoms with Crippen molar-refractivity contribution >= 4 is 0 Å². The number of hydrogen-bond donors (Lipinski definition) is 1. The summed E-state index contributed by atoms with van der Waals surface area (Å²) in [5.74, 6) is 0. The molecule has 1 aromatic heterocycles. The van der Waals surface area contributed by atoms with Crippen LogP contribution < -0.4 is 11.3 Å². The Morgan fingerprint density at radius 1 is 1.56 bits per heavy atom. The van der Waals surface area contributed by atoms with Gasteiger partial charge in [0.15, 0.2) is 0 Å². The van der Waals surface area contributed by atoms with Gasteiger partial charge in [0.2, 0.25) is 0 Å². The molecule has 0 aromatic carbocycles. The van der Waals surface area contributed by atoms with Crippen molar-refractivity contribution in [2.45, 2.75) is 26.1 Å². The average Bonchev–Trinajstić information content (AvgIpc) is 2.41. The van der Waals surface area contributed by atoms with Gasteiger partial charge in [0, 0.05) is 31.4 Å². The molecule has 0 aliphatic carbocycles. The monoisotopic (exact) mass is 251 g/mol. The number of likely N-dealkylation sites (N-methyl/N-ethyl adjacent to an activating group) is 1. The SMILES string of the molecule is CCN1CCOC(Cn2cccc(CN)c2=O)C1. The molecule has 0 spiro atoms. The van der Waals surface area contributed by atoms with Crippen LogP contribution in [0.15, 0.2) is 23.1 Å². The van der Waals surface area contributed by atoms with Gasteiger partial charge < -0.3 is 15.0 Å². The largest absolute Gasteiger partial charge is 0.374 e. The summed E-state index contributed by atoms with van der Waals surface area (Å²) >= 11 is 0. The summed E-state index contributed by atoms with van der Waals surface area (Å²) in [6.45, 7) is 6.65. The maximum absolute atomic E-state index is 12.0. The highest BCUT2D eigenvalue weighted by Gasteiger charge is 2.20. The average molecular weight is 251 g/mol. The minimum atomic E-state index is -0.00257. The molecule has 2 heterocycles. The zero-order valence-electron chi connectivity index (χ0n) is 10.8. The van der Waals surface area contributed by atoms with E-state index in [0.29, 0.717) is 12.1 Å². The highest BCUT2D eigenvalue weighted by Crippen LogP contribution is 2.06. The first-order valence-electron chi connectivity index (χ1n) is 6.47. The first kappa shape index (κ1) is 13.3. The van der Waals surface area contributed by atoms with Crippen molar-refractivity contribution in [2.24, 2.45) is 5.73 Å². The fourth-order valence-electron chi connectivity index (χ4n) is 2.28. The molecule has 2 N–H and O–H groups in total. The number of ether oxygens (including phenoxy) is 1. The molecule has 2 rings (SSSR count). The standard InChI is InChI=1S/C13H21N3O2/c1-2-15-6-7-18-12(9-15)10-16-5-3-4-11(8-14)13(16)17/h3-5,12H,2,6-10,14H2,1H3. The number of nitrogens with zero attached hydrogens (tertiary/aromatic N) is 2. The van der Waals surface area contributed by atoms with Crippen LogP contribution in [0.25, 0.3) is 0 Å². The van der Waals surface area contributed by atoms with Gasteiger partial charge in [-0.05, 0) is 12.6 Å². The molecule has 0 radical (unpaired) electrons. The predicted octanol–water partition coefficient (Wildman–Crippen LogP) is 0.0277. The molecule has 1 unspecified atom stereocenters. The summed E-state index contributed by atoms with van der Waals surface area (Å²) in [6.07, 6.45) is 1.89. The van der Waals surface area contributed by atoms with E-state index in [-0.39, 0.29) is 18.2 Å². The van der Waals surface area contributed by atoms with E-state index in [9.17, 15) is 4.79 Å².